The predicted octanol–water partition coefficient (Wildman–Crippen LogP) is 2.94. The molecule has 0 aromatic heterocycles. The van der Waals surface area contributed by atoms with Crippen LogP contribution in [0.15, 0.2) is 18.2 Å². The molecule has 1 aliphatic heterocycles. The third kappa shape index (κ3) is 2.35. The minimum absolute atomic E-state index is 0.0609. The van der Waals surface area contributed by atoms with E-state index in [4.69, 9.17) is 27.9 Å². The van der Waals surface area contributed by atoms with Crippen molar-refractivity contribution in [2.45, 2.75) is 6.42 Å². The molecule has 1 aliphatic rings. The van der Waals surface area contributed by atoms with Gasteiger partial charge in [-0.15, -0.1) is 11.6 Å². The normalized spacial score (nSPS) is 19.8. The molecule has 0 spiro atoms. The lowest BCUT2D eigenvalue weighted by Gasteiger charge is -2.19. The number of amides is 1. The molecule has 2 rings (SSSR count). The summed E-state index contributed by atoms with van der Waals surface area (Å²) in [5, 5.41) is 0.471. The van der Waals surface area contributed by atoms with Gasteiger partial charge in [-0.1, -0.05) is 17.7 Å². The van der Waals surface area contributed by atoms with Gasteiger partial charge >= 0.3 is 0 Å². The second-order valence-corrected chi connectivity index (χ2v) is 4.71. The molecule has 1 atom stereocenters. The molecule has 92 valence electrons. The molecule has 1 saturated heterocycles. The van der Waals surface area contributed by atoms with E-state index < -0.39 is 0 Å². The van der Waals surface area contributed by atoms with Gasteiger partial charge in [-0.05, 0) is 18.1 Å². The van der Waals surface area contributed by atoms with Crippen LogP contribution in [0, 0.1) is 5.92 Å². The fraction of sp³-hybridized carbons (Fsp3) is 0.417. The van der Waals surface area contributed by atoms with Gasteiger partial charge in [-0.3, -0.25) is 4.79 Å². The summed E-state index contributed by atoms with van der Waals surface area (Å²) in [4.78, 5) is 13.5. The predicted molar refractivity (Wildman–Crippen MR) is 69.2 cm³/mol. The van der Waals surface area contributed by atoms with Crippen molar-refractivity contribution in [3.8, 4) is 5.75 Å². The van der Waals surface area contributed by atoms with Crippen LogP contribution in [0.4, 0.5) is 5.69 Å². The van der Waals surface area contributed by atoms with Crippen LogP contribution in [0.3, 0.4) is 0 Å². The van der Waals surface area contributed by atoms with Gasteiger partial charge in [0.2, 0.25) is 5.91 Å². The van der Waals surface area contributed by atoms with Crippen molar-refractivity contribution < 1.29 is 9.53 Å². The number of nitrogens with zero attached hydrogens (tertiary/aromatic N) is 1. The molecule has 1 amide bonds. The number of methoxy groups -OCH3 is 1. The number of carbonyl (C=O) groups is 1. The Labute approximate surface area is 110 Å². The SMILES string of the molecule is COc1cccc(N2CC(CCl)CC2=O)c1Cl. The van der Waals surface area contributed by atoms with Crippen molar-refractivity contribution in [2.75, 3.05) is 24.4 Å². The first-order chi connectivity index (χ1) is 8.17. The van der Waals surface area contributed by atoms with Gasteiger partial charge < -0.3 is 9.64 Å². The van der Waals surface area contributed by atoms with Crippen molar-refractivity contribution in [2.24, 2.45) is 5.92 Å². The molecule has 5 heteroatoms. The molecule has 17 heavy (non-hydrogen) atoms. The minimum atomic E-state index is 0.0609. The topological polar surface area (TPSA) is 29.5 Å². The van der Waals surface area contributed by atoms with Crippen LogP contribution in [0.5, 0.6) is 5.75 Å². The zero-order valence-corrected chi connectivity index (χ0v) is 11.0. The number of alkyl halides is 1. The zero-order valence-electron chi connectivity index (χ0n) is 9.45. The first-order valence-electron chi connectivity index (χ1n) is 5.36. The fourth-order valence-electron chi connectivity index (χ4n) is 1.98. The molecule has 0 saturated carbocycles. The molecular weight excluding hydrogens is 261 g/mol. The summed E-state index contributed by atoms with van der Waals surface area (Å²) >= 11 is 12.0. The summed E-state index contributed by atoms with van der Waals surface area (Å²) in [6, 6.07) is 5.41. The van der Waals surface area contributed by atoms with E-state index in [1.807, 2.05) is 12.1 Å². The lowest BCUT2D eigenvalue weighted by atomic mass is 10.1. The van der Waals surface area contributed by atoms with Gasteiger partial charge in [0, 0.05) is 18.8 Å². The quantitative estimate of drug-likeness (QED) is 0.793. The first kappa shape index (κ1) is 12.5. The molecule has 1 heterocycles. The Morgan fingerprint density at radius 1 is 1.53 bits per heavy atom. The molecule has 1 aromatic rings. The lowest BCUT2D eigenvalue weighted by Crippen LogP contribution is -2.25. The van der Waals surface area contributed by atoms with Gasteiger partial charge in [0.1, 0.15) is 10.8 Å². The molecule has 1 fully saturated rings. The standard InChI is InChI=1S/C12H13Cl2NO2/c1-17-10-4-2-3-9(12(10)14)15-7-8(6-13)5-11(15)16/h2-4,8H,5-7H2,1H3. The first-order valence-corrected chi connectivity index (χ1v) is 6.27. The Morgan fingerprint density at radius 2 is 2.29 bits per heavy atom. The summed E-state index contributed by atoms with van der Waals surface area (Å²) in [5.41, 5.74) is 0.698. The van der Waals surface area contributed by atoms with Crippen molar-refractivity contribution >= 4 is 34.8 Å². The van der Waals surface area contributed by atoms with Crippen LogP contribution in [0.25, 0.3) is 0 Å². The zero-order chi connectivity index (χ0) is 12.4. The Balaban J connectivity index is 2.32. The highest BCUT2D eigenvalue weighted by molar-refractivity contribution is 6.35. The van der Waals surface area contributed by atoms with E-state index in [0.29, 0.717) is 35.3 Å². The van der Waals surface area contributed by atoms with Crippen molar-refractivity contribution in [3.05, 3.63) is 23.2 Å². The van der Waals surface area contributed by atoms with Gasteiger partial charge in [-0.25, -0.2) is 0 Å². The number of halogens is 2. The minimum Gasteiger partial charge on any atom is -0.495 e. The second kappa shape index (κ2) is 5.15. The highest BCUT2D eigenvalue weighted by Crippen LogP contribution is 2.37. The van der Waals surface area contributed by atoms with Gasteiger partial charge in [-0.2, -0.15) is 0 Å². The van der Waals surface area contributed by atoms with Crippen molar-refractivity contribution in [1.82, 2.24) is 0 Å². The number of ether oxygens (including phenoxy) is 1. The van der Waals surface area contributed by atoms with Gasteiger partial charge in [0.05, 0.1) is 12.8 Å². The van der Waals surface area contributed by atoms with Crippen LogP contribution >= 0.6 is 23.2 Å². The second-order valence-electron chi connectivity index (χ2n) is 4.02. The number of carbonyl (C=O) groups excluding carboxylic acids is 1. The van der Waals surface area contributed by atoms with E-state index in [1.54, 1.807) is 18.1 Å². The van der Waals surface area contributed by atoms with Crippen LogP contribution in [0.1, 0.15) is 6.42 Å². The van der Waals surface area contributed by atoms with E-state index in [1.165, 1.54) is 0 Å². The maximum atomic E-state index is 11.9. The summed E-state index contributed by atoms with van der Waals surface area (Å²) in [6.07, 6.45) is 0.483. The van der Waals surface area contributed by atoms with E-state index in [-0.39, 0.29) is 11.8 Å². The van der Waals surface area contributed by atoms with Crippen LogP contribution in [-0.2, 0) is 4.79 Å². The maximum absolute atomic E-state index is 11.9. The summed E-state index contributed by atoms with van der Waals surface area (Å²) in [6.45, 7) is 0.620. The van der Waals surface area contributed by atoms with E-state index >= 15 is 0 Å². The smallest absolute Gasteiger partial charge is 0.227 e. The summed E-state index contributed by atoms with van der Waals surface area (Å²) < 4.78 is 5.14. The van der Waals surface area contributed by atoms with Crippen LogP contribution in [0.2, 0.25) is 5.02 Å². The highest BCUT2D eigenvalue weighted by Gasteiger charge is 2.31. The molecule has 0 radical (unpaired) electrons. The van der Waals surface area contributed by atoms with E-state index in [9.17, 15) is 4.79 Å². The number of hydrogen-bond donors (Lipinski definition) is 0. The molecule has 0 aliphatic carbocycles. The number of benzene rings is 1. The van der Waals surface area contributed by atoms with Crippen molar-refractivity contribution in [3.63, 3.8) is 0 Å². The third-order valence-corrected chi connectivity index (χ3v) is 3.69. The van der Waals surface area contributed by atoms with Gasteiger partial charge in [0.25, 0.3) is 0 Å². The molecule has 3 nitrogen and oxygen atoms in total. The molecule has 1 aromatic carbocycles. The average molecular weight is 274 g/mol. The Bertz CT molecular complexity index is 437. The fourth-order valence-corrected chi connectivity index (χ4v) is 2.49. The van der Waals surface area contributed by atoms with Crippen LogP contribution < -0.4 is 9.64 Å². The van der Waals surface area contributed by atoms with Crippen LogP contribution in [-0.4, -0.2) is 25.4 Å². The Hall–Kier alpha value is -0.930. The Morgan fingerprint density at radius 3 is 2.88 bits per heavy atom. The molecule has 1 unspecified atom stereocenters. The largest absolute Gasteiger partial charge is 0.495 e. The summed E-state index contributed by atoms with van der Waals surface area (Å²) in [7, 11) is 1.55. The van der Waals surface area contributed by atoms with E-state index in [0.717, 1.165) is 0 Å². The molecular formula is C12H13Cl2NO2. The third-order valence-electron chi connectivity index (χ3n) is 2.88. The average Bonchev–Trinajstić information content (AvgIpc) is 2.71. The number of rotatable bonds is 3. The highest BCUT2D eigenvalue weighted by atomic mass is 35.5. The van der Waals surface area contributed by atoms with Crippen molar-refractivity contribution in [1.29, 1.82) is 0 Å². The number of hydrogen-bond acceptors (Lipinski definition) is 2. The van der Waals surface area contributed by atoms with Gasteiger partial charge in [0.15, 0.2) is 0 Å². The molecule has 0 bridgehead atoms. The maximum Gasteiger partial charge on any atom is 0.227 e. The molecule has 0 N–H and O–H groups in total. The summed E-state index contributed by atoms with van der Waals surface area (Å²) in [5.74, 6) is 1.33. The lowest BCUT2D eigenvalue weighted by molar-refractivity contribution is -0.117. The van der Waals surface area contributed by atoms with E-state index in [2.05, 4.69) is 0 Å². The monoisotopic (exact) mass is 273 g/mol. The number of anilines is 1. The Kier molecular flexibility index (Phi) is 3.79.